The molecule has 3 aromatic carbocycles. The number of benzene rings is 3. The van der Waals surface area contributed by atoms with Crippen LogP contribution in [0.2, 0.25) is 0 Å². The van der Waals surface area contributed by atoms with Crippen molar-refractivity contribution < 1.29 is 4.79 Å². The molecule has 3 rings (SSSR count). The highest BCUT2D eigenvalue weighted by molar-refractivity contribution is 5.84. The Hall–Kier alpha value is -3.40. The van der Waals surface area contributed by atoms with E-state index in [0.29, 0.717) is 0 Å². The Morgan fingerprint density at radius 2 is 1.40 bits per heavy atom. The highest BCUT2D eigenvalue weighted by atomic mass is 16.2. The zero-order valence-electron chi connectivity index (χ0n) is 13.7. The van der Waals surface area contributed by atoms with Gasteiger partial charge in [-0.15, -0.1) is 0 Å². The smallest absolute Gasteiger partial charge is 0.259 e. The second kappa shape index (κ2) is 8.45. The summed E-state index contributed by atoms with van der Waals surface area (Å²) in [5.41, 5.74) is 6.66. The molecule has 0 aliphatic carbocycles. The predicted octanol–water partition coefficient (Wildman–Crippen LogP) is 3.92. The molecule has 0 radical (unpaired) electrons. The molecule has 0 unspecified atom stereocenters. The fourth-order valence-electron chi connectivity index (χ4n) is 2.35. The number of rotatable bonds is 6. The maximum Gasteiger partial charge on any atom is 0.259 e. The second-order valence-electron chi connectivity index (χ2n) is 5.50. The molecule has 0 bridgehead atoms. The number of amides is 1. The summed E-state index contributed by atoms with van der Waals surface area (Å²) >= 11 is 0. The normalized spacial score (nSPS) is 10.6. The van der Waals surface area contributed by atoms with E-state index in [0.717, 1.165) is 16.8 Å². The zero-order valence-corrected chi connectivity index (χ0v) is 13.7. The molecule has 2 N–H and O–H groups in total. The molecule has 25 heavy (non-hydrogen) atoms. The number of carbonyl (C=O) groups excluding carboxylic acids is 1. The van der Waals surface area contributed by atoms with E-state index in [1.165, 1.54) is 5.56 Å². The highest BCUT2D eigenvalue weighted by Gasteiger charge is 1.99. The molecule has 0 saturated heterocycles. The summed E-state index contributed by atoms with van der Waals surface area (Å²) in [4.78, 5) is 11.8. The van der Waals surface area contributed by atoms with Gasteiger partial charge in [-0.25, -0.2) is 5.43 Å². The van der Waals surface area contributed by atoms with Gasteiger partial charge in [0.25, 0.3) is 5.91 Å². The molecular weight excluding hydrogens is 310 g/mol. The van der Waals surface area contributed by atoms with Crippen LogP contribution in [-0.4, -0.2) is 18.7 Å². The maximum absolute atomic E-state index is 11.8. The molecule has 124 valence electrons. The zero-order chi connectivity index (χ0) is 17.3. The van der Waals surface area contributed by atoms with E-state index < -0.39 is 0 Å². The number of carbonyl (C=O) groups is 1. The van der Waals surface area contributed by atoms with E-state index in [9.17, 15) is 4.79 Å². The van der Waals surface area contributed by atoms with Crippen molar-refractivity contribution >= 4 is 17.8 Å². The number of hydrogen-bond acceptors (Lipinski definition) is 3. The number of hydrogen-bond donors (Lipinski definition) is 2. The molecule has 4 heteroatoms. The number of hydrazone groups is 1. The molecule has 4 nitrogen and oxygen atoms in total. The highest BCUT2D eigenvalue weighted by Crippen LogP contribution is 2.18. The van der Waals surface area contributed by atoms with Crippen LogP contribution in [0.1, 0.15) is 5.56 Å². The summed E-state index contributed by atoms with van der Waals surface area (Å²) in [5, 5.41) is 7.02. The van der Waals surface area contributed by atoms with Crippen LogP contribution in [0.5, 0.6) is 0 Å². The van der Waals surface area contributed by atoms with Crippen molar-refractivity contribution in [2.24, 2.45) is 5.10 Å². The predicted molar refractivity (Wildman–Crippen MR) is 103 cm³/mol. The quantitative estimate of drug-likeness (QED) is 0.532. The van der Waals surface area contributed by atoms with Crippen molar-refractivity contribution in [3.05, 3.63) is 90.5 Å². The Bertz CT molecular complexity index is 828. The first-order chi connectivity index (χ1) is 12.3. The van der Waals surface area contributed by atoms with Crippen molar-refractivity contribution in [2.75, 3.05) is 11.9 Å². The third-order valence-corrected chi connectivity index (χ3v) is 3.65. The summed E-state index contributed by atoms with van der Waals surface area (Å²) in [6, 6.07) is 27.8. The molecule has 3 aromatic rings. The first kappa shape index (κ1) is 16.5. The van der Waals surface area contributed by atoms with Crippen molar-refractivity contribution in [3.8, 4) is 11.1 Å². The van der Waals surface area contributed by atoms with E-state index in [1.54, 1.807) is 6.21 Å². The maximum atomic E-state index is 11.8. The van der Waals surface area contributed by atoms with Crippen molar-refractivity contribution in [1.82, 2.24) is 5.43 Å². The lowest BCUT2D eigenvalue weighted by Crippen LogP contribution is -2.25. The molecule has 0 spiro atoms. The van der Waals surface area contributed by atoms with Crippen molar-refractivity contribution in [2.45, 2.75) is 0 Å². The SMILES string of the molecule is O=C(CNc1ccccc1)N/N=C/c1ccc(-c2ccccc2)cc1. The minimum Gasteiger partial charge on any atom is -0.376 e. The average Bonchev–Trinajstić information content (AvgIpc) is 2.68. The van der Waals surface area contributed by atoms with E-state index in [4.69, 9.17) is 0 Å². The van der Waals surface area contributed by atoms with E-state index in [-0.39, 0.29) is 12.5 Å². The van der Waals surface area contributed by atoms with Gasteiger partial charge in [0, 0.05) is 5.69 Å². The van der Waals surface area contributed by atoms with Gasteiger partial charge in [0.15, 0.2) is 0 Å². The van der Waals surface area contributed by atoms with Gasteiger partial charge in [-0.1, -0.05) is 72.8 Å². The molecule has 0 fully saturated rings. The van der Waals surface area contributed by atoms with Gasteiger partial charge < -0.3 is 5.32 Å². The van der Waals surface area contributed by atoms with Crippen LogP contribution in [-0.2, 0) is 4.79 Å². The second-order valence-corrected chi connectivity index (χ2v) is 5.50. The first-order valence-corrected chi connectivity index (χ1v) is 8.07. The Kier molecular flexibility index (Phi) is 5.56. The lowest BCUT2D eigenvalue weighted by atomic mass is 10.0. The number of para-hydroxylation sites is 1. The van der Waals surface area contributed by atoms with E-state index >= 15 is 0 Å². The van der Waals surface area contributed by atoms with Gasteiger partial charge in [0.05, 0.1) is 12.8 Å². The van der Waals surface area contributed by atoms with Crippen LogP contribution in [0.4, 0.5) is 5.69 Å². The van der Waals surface area contributed by atoms with Crippen LogP contribution < -0.4 is 10.7 Å². The number of anilines is 1. The monoisotopic (exact) mass is 329 g/mol. The van der Waals surface area contributed by atoms with Crippen molar-refractivity contribution in [1.29, 1.82) is 0 Å². The molecule has 0 aliphatic rings. The minimum atomic E-state index is -0.194. The molecule has 1 amide bonds. The van der Waals surface area contributed by atoms with Gasteiger partial charge in [-0.05, 0) is 28.8 Å². The lowest BCUT2D eigenvalue weighted by molar-refractivity contribution is -0.119. The van der Waals surface area contributed by atoms with Crippen LogP contribution in [0.25, 0.3) is 11.1 Å². The Balaban J connectivity index is 1.49. The first-order valence-electron chi connectivity index (χ1n) is 8.07. The average molecular weight is 329 g/mol. The van der Waals surface area contributed by atoms with Gasteiger partial charge >= 0.3 is 0 Å². The largest absolute Gasteiger partial charge is 0.376 e. The van der Waals surface area contributed by atoms with Gasteiger partial charge in [0.2, 0.25) is 0 Å². The van der Waals surface area contributed by atoms with Crippen LogP contribution in [0, 0.1) is 0 Å². The molecule has 0 atom stereocenters. The molecule has 0 heterocycles. The standard InChI is InChI=1S/C21H19N3O/c25-21(16-22-20-9-5-2-6-10-20)24-23-15-17-11-13-19(14-12-17)18-7-3-1-4-8-18/h1-15,22H,16H2,(H,24,25)/b23-15+. The Morgan fingerprint density at radius 1 is 0.800 bits per heavy atom. The van der Waals surface area contributed by atoms with E-state index in [2.05, 4.69) is 28.0 Å². The Labute approximate surface area is 147 Å². The third kappa shape index (κ3) is 5.04. The fourth-order valence-corrected chi connectivity index (χ4v) is 2.35. The van der Waals surface area contributed by atoms with Gasteiger partial charge in [-0.3, -0.25) is 4.79 Å². The third-order valence-electron chi connectivity index (χ3n) is 3.65. The molecular formula is C21H19N3O. The lowest BCUT2D eigenvalue weighted by Gasteiger charge is -2.04. The van der Waals surface area contributed by atoms with Gasteiger partial charge in [-0.2, -0.15) is 5.10 Å². The topological polar surface area (TPSA) is 53.5 Å². The Morgan fingerprint density at radius 3 is 2.08 bits per heavy atom. The summed E-state index contributed by atoms with van der Waals surface area (Å²) in [6.07, 6.45) is 1.63. The number of nitrogens with zero attached hydrogens (tertiary/aromatic N) is 1. The van der Waals surface area contributed by atoms with Gasteiger partial charge in [0.1, 0.15) is 0 Å². The molecule has 0 aliphatic heterocycles. The molecule has 0 aromatic heterocycles. The summed E-state index contributed by atoms with van der Waals surface area (Å²) < 4.78 is 0. The van der Waals surface area contributed by atoms with Crippen LogP contribution in [0.15, 0.2) is 90.0 Å². The summed E-state index contributed by atoms with van der Waals surface area (Å²) in [7, 11) is 0. The van der Waals surface area contributed by atoms with E-state index in [1.807, 2.05) is 72.8 Å². The van der Waals surface area contributed by atoms with Crippen LogP contribution >= 0.6 is 0 Å². The molecule has 0 saturated carbocycles. The summed E-state index contributed by atoms with van der Waals surface area (Å²) in [5.74, 6) is -0.194. The van der Waals surface area contributed by atoms with Crippen molar-refractivity contribution in [3.63, 3.8) is 0 Å². The minimum absolute atomic E-state index is 0.175. The summed E-state index contributed by atoms with van der Waals surface area (Å²) in [6.45, 7) is 0.175. The number of nitrogens with one attached hydrogen (secondary N) is 2. The fraction of sp³-hybridized carbons (Fsp3) is 0.0476. The van der Waals surface area contributed by atoms with Crippen LogP contribution in [0.3, 0.4) is 0 Å².